The van der Waals surface area contributed by atoms with Gasteiger partial charge in [-0.25, -0.2) is 4.79 Å². The Labute approximate surface area is 77.8 Å². The molecule has 0 atom stereocenters. The molecule has 1 aromatic rings. The van der Waals surface area contributed by atoms with E-state index in [1.165, 1.54) is 0 Å². The minimum atomic E-state index is -0.406. The molecule has 1 radical (unpaired) electrons. The molecule has 0 N–H and O–H groups in total. The molecule has 0 aromatic heterocycles. The smallest absolute Gasteiger partial charge is 0.338 e. The molecule has 0 fully saturated rings. The molecule has 0 aliphatic rings. The average molecular weight is 175 g/mol. The van der Waals surface area contributed by atoms with Crippen molar-refractivity contribution in [3.05, 3.63) is 48.9 Å². The summed E-state index contributed by atoms with van der Waals surface area (Å²) in [5.41, 5.74) is 1.27. The number of esters is 1. The minimum absolute atomic E-state index is 0.388. The number of benzene rings is 1. The summed E-state index contributed by atoms with van der Waals surface area (Å²) in [4.78, 5) is 11.1. The van der Waals surface area contributed by atoms with Gasteiger partial charge < -0.3 is 4.74 Å². The zero-order valence-corrected chi connectivity index (χ0v) is 7.54. The normalized spacial score (nSPS) is 9.38. The van der Waals surface area contributed by atoms with E-state index in [-0.39, 0.29) is 0 Å². The summed E-state index contributed by atoms with van der Waals surface area (Å²) in [6, 6.07) is 6.95. The van der Waals surface area contributed by atoms with E-state index in [1.807, 2.05) is 0 Å². The van der Waals surface area contributed by atoms with Crippen molar-refractivity contribution < 1.29 is 9.53 Å². The lowest BCUT2D eigenvalue weighted by Gasteiger charge is -2.02. The molecule has 0 saturated heterocycles. The van der Waals surface area contributed by atoms with Gasteiger partial charge >= 0.3 is 5.97 Å². The maximum absolute atomic E-state index is 11.1. The van der Waals surface area contributed by atoms with Gasteiger partial charge in [0.15, 0.2) is 0 Å². The maximum atomic E-state index is 11.1. The van der Waals surface area contributed by atoms with Crippen LogP contribution >= 0.6 is 0 Å². The van der Waals surface area contributed by atoms with Crippen LogP contribution < -0.4 is 4.74 Å². The summed E-state index contributed by atoms with van der Waals surface area (Å²) >= 11 is 0. The molecule has 0 aliphatic carbocycles. The monoisotopic (exact) mass is 175 g/mol. The van der Waals surface area contributed by atoms with Gasteiger partial charge in [0.25, 0.3) is 0 Å². The summed E-state index contributed by atoms with van der Waals surface area (Å²) in [5.74, 6) is 0.109. The van der Waals surface area contributed by atoms with Crippen molar-refractivity contribution in [2.24, 2.45) is 0 Å². The van der Waals surface area contributed by atoms with E-state index < -0.39 is 5.97 Å². The molecule has 13 heavy (non-hydrogen) atoms. The lowest BCUT2D eigenvalue weighted by molar-refractivity contribution is -0.130. The Morgan fingerprint density at radius 1 is 1.31 bits per heavy atom. The van der Waals surface area contributed by atoms with Crippen molar-refractivity contribution in [3.8, 4) is 5.75 Å². The van der Waals surface area contributed by atoms with Gasteiger partial charge in [0.2, 0.25) is 0 Å². The number of carbonyl (C=O) groups is 1. The van der Waals surface area contributed by atoms with Crippen LogP contribution in [0.2, 0.25) is 0 Å². The largest absolute Gasteiger partial charge is 0.423 e. The van der Waals surface area contributed by atoms with E-state index in [2.05, 4.69) is 13.5 Å². The van der Waals surface area contributed by atoms with Crippen molar-refractivity contribution in [3.63, 3.8) is 0 Å². The number of hydrogen-bond acceptors (Lipinski definition) is 2. The van der Waals surface area contributed by atoms with Crippen molar-refractivity contribution in [1.29, 1.82) is 0 Å². The van der Waals surface area contributed by atoms with Crippen LogP contribution in [-0.4, -0.2) is 5.97 Å². The van der Waals surface area contributed by atoms with Crippen molar-refractivity contribution in [2.45, 2.75) is 6.92 Å². The Balaban J connectivity index is 2.70. The molecule has 2 nitrogen and oxygen atoms in total. The summed E-state index contributed by atoms with van der Waals surface area (Å²) < 4.78 is 4.96. The highest BCUT2D eigenvalue weighted by molar-refractivity contribution is 5.88. The van der Waals surface area contributed by atoms with Crippen LogP contribution in [0.15, 0.2) is 36.4 Å². The van der Waals surface area contributed by atoms with E-state index >= 15 is 0 Å². The van der Waals surface area contributed by atoms with Gasteiger partial charge in [-0.3, -0.25) is 0 Å². The number of rotatable bonds is 2. The molecule has 1 rings (SSSR count). The fourth-order valence-corrected chi connectivity index (χ4v) is 0.752. The fourth-order valence-electron chi connectivity index (χ4n) is 0.752. The highest BCUT2D eigenvalue weighted by Crippen LogP contribution is 2.12. The third-order valence-electron chi connectivity index (χ3n) is 1.48. The van der Waals surface area contributed by atoms with Gasteiger partial charge in [0.05, 0.1) is 0 Å². The number of ether oxygens (including phenoxy) is 1. The predicted octanol–water partition coefficient (Wildman–Crippen LogP) is 2.35. The maximum Gasteiger partial charge on any atom is 0.338 e. The van der Waals surface area contributed by atoms with E-state index in [0.29, 0.717) is 11.3 Å². The van der Waals surface area contributed by atoms with E-state index in [9.17, 15) is 4.79 Å². The van der Waals surface area contributed by atoms with Gasteiger partial charge in [-0.05, 0) is 31.5 Å². The highest BCUT2D eigenvalue weighted by Gasteiger charge is 2.03. The third-order valence-corrected chi connectivity index (χ3v) is 1.48. The quantitative estimate of drug-likeness (QED) is 0.392. The molecular weight excluding hydrogens is 164 g/mol. The van der Waals surface area contributed by atoms with Crippen molar-refractivity contribution in [1.82, 2.24) is 0 Å². The van der Waals surface area contributed by atoms with Crippen LogP contribution in [0.5, 0.6) is 5.75 Å². The number of carbonyl (C=O) groups excluding carboxylic acids is 1. The second kappa shape index (κ2) is 3.90. The molecule has 1 aromatic carbocycles. The molecule has 0 bridgehead atoms. The molecule has 0 saturated carbocycles. The van der Waals surface area contributed by atoms with Gasteiger partial charge in [-0.2, -0.15) is 0 Å². The predicted molar refractivity (Wildman–Crippen MR) is 51.4 cm³/mol. The van der Waals surface area contributed by atoms with Crippen LogP contribution in [0, 0.1) is 6.92 Å². The van der Waals surface area contributed by atoms with Crippen molar-refractivity contribution in [2.75, 3.05) is 0 Å². The Hall–Kier alpha value is -1.57. The summed E-state index contributed by atoms with van der Waals surface area (Å²) in [6.45, 7) is 8.81. The lowest BCUT2D eigenvalue weighted by atomic mass is 10.2. The first-order valence-corrected chi connectivity index (χ1v) is 3.89. The van der Waals surface area contributed by atoms with Crippen molar-refractivity contribution >= 4 is 5.97 Å². The molecule has 0 spiro atoms. The summed E-state index contributed by atoms with van der Waals surface area (Å²) in [5, 5.41) is 0. The Bertz CT molecular complexity index is 322. The van der Waals surface area contributed by atoms with Gasteiger partial charge in [0, 0.05) is 5.57 Å². The van der Waals surface area contributed by atoms with Crippen LogP contribution in [-0.2, 0) is 4.79 Å². The zero-order valence-electron chi connectivity index (χ0n) is 7.54. The second-order valence-corrected chi connectivity index (χ2v) is 2.81. The molecule has 0 heterocycles. The first kappa shape index (κ1) is 9.52. The van der Waals surface area contributed by atoms with Gasteiger partial charge in [-0.15, -0.1) is 0 Å². The van der Waals surface area contributed by atoms with Crippen LogP contribution in [0.3, 0.4) is 0 Å². The van der Waals surface area contributed by atoms with Gasteiger partial charge in [0.1, 0.15) is 5.75 Å². The van der Waals surface area contributed by atoms with Crippen LogP contribution in [0.25, 0.3) is 0 Å². The zero-order chi connectivity index (χ0) is 9.84. The summed E-state index contributed by atoms with van der Waals surface area (Å²) in [7, 11) is 0. The average Bonchev–Trinajstić information content (AvgIpc) is 2.08. The Morgan fingerprint density at radius 3 is 2.31 bits per heavy atom. The van der Waals surface area contributed by atoms with Gasteiger partial charge in [-0.1, -0.05) is 18.7 Å². The lowest BCUT2D eigenvalue weighted by Crippen LogP contribution is -2.07. The first-order valence-electron chi connectivity index (χ1n) is 3.89. The molecular formula is C11H11O2. The molecule has 0 aliphatic heterocycles. The molecule has 2 heteroatoms. The molecule has 0 amide bonds. The third kappa shape index (κ3) is 2.75. The molecule has 0 unspecified atom stereocenters. The van der Waals surface area contributed by atoms with E-state index in [1.54, 1.807) is 31.2 Å². The Morgan fingerprint density at radius 2 is 1.85 bits per heavy atom. The molecule has 67 valence electrons. The standard InChI is InChI=1S/C11H11O2/c1-8(2)11(12)13-10-6-4-9(3)5-7-10/h4-7H,1,3H2,2H3. The van der Waals surface area contributed by atoms with Crippen LogP contribution in [0.4, 0.5) is 0 Å². The first-order chi connectivity index (χ1) is 6.09. The van der Waals surface area contributed by atoms with E-state index in [0.717, 1.165) is 5.56 Å². The number of hydrogen-bond donors (Lipinski definition) is 0. The second-order valence-electron chi connectivity index (χ2n) is 2.81. The van der Waals surface area contributed by atoms with Crippen LogP contribution in [0.1, 0.15) is 12.5 Å². The topological polar surface area (TPSA) is 26.3 Å². The summed E-state index contributed by atoms with van der Waals surface area (Å²) in [6.07, 6.45) is 0. The fraction of sp³-hybridized carbons (Fsp3) is 0.0909. The Kier molecular flexibility index (Phi) is 2.85. The minimum Gasteiger partial charge on any atom is -0.423 e. The SMILES string of the molecule is [CH2]c1ccc(OC(=O)C(=C)C)cc1. The highest BCUT2D eigenvalue weighted by atomic mass is 16.5. The van der Waals surface area contributed by atoms with E-state index in [4.69, 9.17) is 4.74 Å².